The van der Waals surface area contributed by atoms with Crippen LogP contribution < -0.4 is 5.36 Å². The maximum atomic E-state index is 8.30. The molecule has 2 aromatic carbocycles. The lowest BCUT2D eigenvalue weighted by Crippen LogP contribution is -2.06. The summed E-state index contributed by atoms with van der Waals surface area (Å²) in [6, 6.07) is 16.4. The lowest BCUT2D eigenvalue weighted by atomic mass is 9.85. The van der Waals surface area contributed by atoms with Crippen LogP contribution in [0.15, 0.2) is 48.5 Å². The van der Waals surface area contributed by atoms with Crippen molar-refractivity contribution in [1.29, 1.82) is 5.41 Å². The maximum Gasteiger partial charge on any atom is 0.0618 e. The normalized spacial score (nSPS) is 11.1. The summed E-state index contributed by atoms with van der Waals surface area (Å²) in [4.78, 5) is 0. The van der Waals surface area contributed by atoms with Crippen molar-refractivity contribution in [3.05, 3.63) is 65.0 Å². The van der Waals surface area contributed by atoms with E-state index < -0.39 is 0 Å². The zero-order valence-corrected chi connectivity index (χ0v) is 12.8. The van der Waals surface area contributed by atoms with Crippen molar-refractivity contribution < 1.29 is 0 Å². The Morgan fingerprint density at radius 1 is 0.700 bits per heavy atom. The van der Waals surface area contributed by atoms with E-state index in [4.69, 9.17) is 5.41 Å². The first-order valence-corrected chi connectivity index (χ1v) is 7.29. The smallest absolute Gasteiger partial charge is 0.0618 e. The summed E-state index contributed by atoms with van der Waals surface area (Å²) in [5.41, 5.74) is 4.94. The summed E-state index contributed by atoms with van der Waals surface area (Å²) in [7, 11) is 0. The van der Waals surface area contributed by atoms with Gasteiger partial charge in [0.1, 0.15) is 0 Å². The van der Waals surface area contributed by atoms with Crippen LogP contribution >= 0.6 is 0 Å². The average Bonchev–Trinajstić information content (AvgIpc) is 2.62. The molecule has 0 spiro atoms. The van der Waals surface area contributed by atoms with Gasteiger partial charge < -0.3 is 5.41 Å². The monoisotopic (exact) mass is 265 g/mol. The SMILES string of the molecule is CC(C)c1cccc(C(C)C)c1-c1cccccc1=N. The minimum atomic E-state index is 0.452. The van der Waals surface area contributed by atoms with Gasteiger partial charge in [-0.1, -0.05) is 70.2 Å². The predicted octanol–water partition coefficient (Wildman–Crippen LogP) is 5.08. The van der Waals surface area contributed by atoms with Crippen LogP contribution in [0.25, 0.3) is 11.1 Å². The highest BCUT2D eigenvalue weighted by atomic mass is 14.4. The molecule has 2 rings (SSSR count). The minimum absolute atomic E-state index is 0.452. The van der Waals surface area contributed by atoms with Gasteiger partial charge in [0.15, 0.2) is 0 Å². The van der Waals surface area contributed by atoms with Crippen molar-refractivity contribution in [1.82, 2.24) is 0 Å². The van der Waals surface area contributed by atoms with Crippen molar-refractivity contribution in [2.24, 2.45) is 0 Å². The molecule has 1 heteroatoms. The summed E-state index contributed by atoms with van der Waals surface area (Å²) in [6.07, 6.45) is 0. The van der Waals surface area contributed by atoms with Gasteiger partial charge in [0.25, 0.3) is 0 Å². The highest BCUT2D eigenvalue weighted by Crippen LogP contribution is 2.34. The molecule has 2 aromatic rings. The highest BCUT2D eigenvalue weighted by Gasteiger charge is 2.15. The molecule has 0 amide bonds. The molecule has 0 aliphatic rings. The van der Waals surface area contributed by atoms with Crippen LogP contribution in [0.4, 0.5) is 0 Å². The molecule has 0 heterocycles. The average molecular weight is 265 g/mol. The summed E-state index contributed by atoms with van der Waals surface area (Å²) in [5.74, 6) is 0.905. The van der Waals surface area contributed by atoms with Gasteiger partial charge in [-0.2, -0.15) is 0 Å². The fourth-order valence-corrected chi connectivity index (χ4v) is 2.63. The molecule has 0 aliphatic heterocycles. The molecule has 0 saturated carbocycles. The molecule has 0 fully saturated rings. The van der Waals surface area contributed by atoms with Crippen LogP contribution in [0, 0.1) is 5.41 Å². The lowest BCUT2D eigenvalue weighted by molar-refractivity contribution is 0.837. The largest absolute Gasteiger partial charge is 0.300 e. The minimum Gasteiger partial charge on any atom is -0.300 e. The van der Waals surface area contributed by atoms with Crippen LogP contribution in [0.1, 0.15) is 50.7 Å². The Morgan fingerprint density at radius 3 is 1.80 bits per heavy atom. The predicted molar refractivity (Wildman–Crippen MR) is 85.9 cm³/mol. The maximum absolute atomic E-state index is 8.30. The Kier molecular flexibility index (Phi) is 4.39. The highest BCUT2D eigenvalue weighted by molar-refractivity contribution is 5.71. The van der Waals surface area contributed by atoms with Crippen LogP contribution in [-0.4, -0.2) is 0 Å². The number of benzene rings is 1. The van der Waals surface area contributed by atoms with E-state index in [0.717, 1.165) is 5.56 Å². The number of hydrogen-bond acceptors (Lipinski definition) is 1. The van der Waals surface area contributed by atoms with Gasteiger partial charge in [0.2, 0.25) is 0 Å². The molecule has 0 atom stereocenters. The van der Waals surface area contributed by atoms with E-state index in [-0.39, 0.29) is 0 Å². The molecular formula is C19H23N. The summed E-state index contributed by atoms with van der Waals surface area (Å²) in [6.45, 7) is 8.87. The molecule has 1 N–H and O–H groups in total. The third-order valence-corrected chi connectivity index (χ3v) is 3.68. The van der Waals surface area contributed by atoms with Gasteiger partial charge >= 0.3 is 0 Å². The Hall–Kier alpha value is -1.89. The molecule has 0 unspecified atom stereocenters. The first-order valence-electron chi connectivity index (χ1n) is 7.29. The second-order valence-electron chi connectivity index (χ2n) is 5.86. The Labute approximate surface area is 121 Å². The second kappa shape index (κ2) is 6.04. The van der Waals surface area contributed by atoms with Crippen LogP contribution in [0.3, 0.4) is 0 Å². The van der Waals surface area contributed by atoms with Gasteiger partial charge in [-0.3, -0.25) is 0 Å². The molecular weight excluding hydrogens is 242 g/mol. The first kappa shape index (κ1) is 14.5. The molecule has 20 heavy (non-hydrogen) atoms. The third-order valence-electron chi connectivity index (χ3n) is 3.68. The zero-order chi connectivity index (χ0) is 14.7. The van der Waals surface area contributed by atoms with E-state index in [9.17, 15) is 0 Å². The summed E-state index contributed by atoms with van der Waals surface area (Å²) < 4.78 is 0. The van der Waals surface area contributed by atoms with Crippen molar-refractivity contribution in [2.75, 3.05) is 0 Å². The van der Waals surface area contributed by atoms with Crippen molar-refractivity contribution in [2.45, 2.75) is 39.5 Å². The van der Waals surface area contributed by atoms with Gasteiger partial charge in [0, 0.05) is 5.56 Å². The molecule has 0 radical (unpaired) electrons. The van der Waals surface area contributed by atoms with Gasteiger partial charge in [-0.25, -0.2) is 0 Å². The van der Waals surface area contributed by atoms with E-state index in [1.54, 1.807) is 0 Å². The van der Waals surface area contributed by atoms with Crippen molar-refractivity contribution in [3.8, 4) is 11.1 Å². The van der Waals surface area contributed by atoms with E-state index in [1.165, 1.54) is 16.7 Å². The van der Waals surface area contributed by atoms with Crippen LogP contribution in [0.2, 0.25) is 0 Å². The second-order valence-corrected chi connectivity index (χ2v) is 5.86. The first-order chi connectivity index (χ1) is 9.52. The van der Waals surface area contributed by atoms with Crippen molar-refractivity contribution >= 4 is 0 Å². The van der Waals surface area contributed by atoms with E-state index in [1.807, 2.05) is 24.3 Å². The van der Waals surface area contributed by atoms with E-state index >= 15 is 0 Å². The number of nitrogens with one attached hydrogen (secondary N) is 1. The van der Waals surface area contributed by atoms with E-state index in [2.05, 4.69) is 52.0 Å². The molecule has 1 nitrogen and oxygen atoms in total. The quantitative estimate of drug-likeness (QED) is 0.800. The van der Waals surface area contributed by atoms with Gasteiger partial charge in [0.05, 0.1) is 5.36 Å². The zero-order valence-electron chi connectivity index (χ0n) is 12.8. The van der Waals surface area contributed by atoms with Crippen LogP contribution in [0.5, 0.6) is 0 Å². The Morgan fingerprint density at radius 2 is 1.25 bits per heavy atom. The van der Waals surface area contributed by atoms with Gasteiger partial charge in [-0.15, -0.1) is 0 Å². The topological polar surface area (TPSA) is 23.9 Å². The molecule has 0 bridgehead atoms. The summed E-state index contributed by atoms with van der Waals surface area (Å²) in [5, 5.41) is 8.89. The molecule has 0 aromatic heterocycles. The Bertz CT molecular complexity index is 628. The summed E-state index contributed by atoms with van der Waals surface area (Å²) >= 11 is 0. The van der Waals surface area contributed by atoms with Crippen LogP contribution in [-0.2, 0) is 0 Å². The van der Waals surface area contributed by atoms with Crippen molar-refractivity contribution in [3.63, 3.8) is 0 Å². The molecule has 0 aliphatic carbocycles. The standard InChI is InChI=1S/C19H23N/c1-13(2)15-10-8-11-16(14(3)4)19(15)17-9-6-5-7-12-18(17)20/h5-14,20H,1-4H3. The fourth-order valence-electron chi connectivity index (χ4n) is 2.63. The number of hydrogen-bond donors (Lipinski definition) is 1. The third kappa shape index (κ3) is 2.82. The lowest BCUT2D eigenvalue weighted by Gasteiger charge is -2.19. The molecule has 0 saturated heterocycles. The van der Waals surface area contributed by atoms with E-state index in [0.29, 0.717) is 17.2 Å². The molecule has 104 valence electrons. The number of rotatable bonds is 3. The van der Waals surface area contributed by atoms with Gasteiger partial charge in [-0.05, 0) is 34.6 Å². The fraction of sp³-hybridized carbons (Fsp3) is 0.316. The Balaban J connectivity index is 2.84.